The maximum atomic E-state index is 13.6. The summed E-state index contributed by atoms with van der Waals surface area (Å²) in [6.45, 7) is 6.35. The number of hydrogen-bond donors (Lipinski definition) is 1. The third-order valence-corrected chi connectivity index (χ3v) is 8.53. The van der Waals surface area contributed by atoms with Crippen LogP contribution < -0.4 is 9.62 Å². The molecule has 0 bridgehead atoms. The summed E-state index contributed by atoms with van der Waals surface area (Å²) >= 11 is 0. The van der Waals surface area contributed by atoms with Gasteiger partial charge in [-0.3, -0.25) is 13.9 Å². The highest BCUT2D eigenvalue weighted by molar-refractivity contribution is 7.92. The third kappa shape index (κ3) is 8.32. The van der Waals surface area contributed by atoms with Crippen molar-refractivity contribution in [1.82, 2.24) is 10.2 Å². The number of sulfonamides is 1. The molecular weight excluding hydrogens is 498 g/mol. The Labute approximate surface area is 228 Å². The zero-order chi connectivity index (χ0) is 27.7. The molecule has 8 heteroatoms. The molecule has 0 unspecified atom stereocenters. The summed E-state index contributed by atoms with van der Waals surface area (Å²) in [5.74, 6) is -0.244. The topological polar surface area (TPSA) is 86.8 Å². The highest BCUT2D eigenvalue weighted by Gasteiger charge is 2.30. The number of aryl methyl sites for hydroxylation is 2. The summed E-state index contributed by atoms with van der Waals surface area (Å²) in [6.07, 6.45) is 7.60. The second-order valence-electron chi connectivity index (χ2n) is 10.5. The zero-order valence-electron chi connectivity index (χ0n) is 23.3. The lowest BCUT2D eigenvalue weighted by Gasteiger charge is -2.33. The van der Waals surface area contributed by atoms with Crippen LogP contribution >= 0.6 is 0 Å². The fourth-order valence-electron chi connectivity index (χ4n) is 5.18. The van der Waals surface area contributed by atoms with Gasteiger partial charge in [0.25, 0.3) is 0 Å². The van der Waals surface area contributed by atoms with E-state index in [4.69, 9.17) is 0 Å². The van der Waals surface area contributed by atoms with E-state index in [-0.39, 0.29) is 30.8 Å². The van der Waals surface area contributed by atoms with Crippen LogP contribution in [0.25, 0.3) is 0 Å². The minimum Gasteiger partial charge on any atom is -0.352 e. The minimum absolute atomic E-state index is 0.0995. The van der Waals surface area contributed by atoms with Gasteiger partial charge < -0.3 is 10.2 Å². The summed E-state index contributed by atoms with van der Waals surface area (Å²) in [6, 6.07) is 14.9. The van der Waals surface area contributed by atoms with E-state index in [0.717, 1.165) is 42.4 Å². The smallest absolute Gasteiger partial charge is 0.243 e. The molecule has 2 amide bonds. The lowest BCUT2D eigenvalue weighted by atomic mass is 9.95. The van der Waals surface area contributed by atoms with Crippen molar-refractivity contribution < 1.29 is 18.0 Å². The minimum atomic E-state index is -3.52. The van der Waals surface area contributed by atoms with Gasteiger partial charge in [-0.05, 0) is 56.7 Å². The molecular formula is C30H43N3O4S. The van der Waals surface area contributed by atoms with Crippen LogP contribution in [0.3, 0.4) is 0 Å². The Morgan fingerprint density at radius 3 is 2.26 bits per heavy atom. The Hall–Kier alpha value is -2.87. The van der Waals surface area contributed by atoms with Gasteiger partial charge in [0, 0.05) is 25.6 Å². The fourth-order valence-corrected chi connectivity index (χ4v) is 6.20. The number of benzene rings is 2. The SMILES string of the molecule is CC[C@@H](C(=O)NC1CCCCC1)N(Cc1ccc(C)cc1)C(=O)CCCN(c1ccccc1C)S(C)(=O)=O. The molecule has 1 atom stereocenters. The van der Waals surface area contributed by atoms with Crippen molar-refractivity contribution in [3.63, 3.8) is 0 Å². The molecule has 1 fully saturated rings. The van der Waals surface area contributed by atoms with Crippen LogP contribution in [-0.2, 0) is 26.2 Å². The first-order chi connectivity index (χ1) is 18.1. The van der Waals surface area contributed by atoms with Gasteiger partial charge in [0.1, 0.15) is 6.04 Å². The van der Waals surface area contributed by atoms with E-state index in [1.54, 1.807) is 11.0 Å². The standard InChI is InChI=1S/C30H43N3O4S/c1-5-27(30(35)31-26-13-7-6-8-14-26)32(22-25-19-17-23(2)18-20-25)29(34)16-11-21-33(38(4,36)37)28-15-10-9-12-24(28)3/h9-10,12,15,17-20,26-27H,5-8,11,13-14,16,21-22H2,1-4H3,(H,31,35)/t27-/m0/s1. The Bertz CT molecular complexity index is 1170. The molecule has 38 heavy (non-hydrogen) atoms. The molecule has 1 N–H and O–H groups in total. The predicted octanol–water partition coefficient (Wildman–Crippen LogP) is 5.11. The maximum Gasteiger partial charge on any atom is 0.243 e. The van der Waals surface area contributed by atoms with Crippen LogP contribution in [0, 0.1) is 13.8 Å². The molecule has 1 saturated carbocycles. The highest BCUT2D eigenvalue weighted by Crippen LogP contribution is 2.23. The molecule has 1 aliphatic rings. The number of carbonyl (C=O) groups excluding carboxylic acids is 2. The molecule has 0 aliphatic heterocycles. The second kappa shape index (κ2) is 13.8. The van der Waals surface area contributed by atoms with Gasteiger partial charge in [-0.25, -0.2) is 8.42 Å². The van der Waals surface area contributed by atoms with E-state index in [9.17, 15) is 18.0 Å². The lowest BCUT2D eigenvalue weighted by Crippen LogP contribution is -2.51. The molecule has 0 aromatic heterocycles. The van der Waals surface area contributed by atoms with Gasteiger partial charge in [0.05, 0.1) is 11.9 Å². The number of nitrogens with zero attached hydrogens (tertiary/aromatic N) is 2. The number of carbonyl (C=O) groups is 2. The van der Waals surface area contributed by atoms with Crippen molar-refractivity contribution in [3.05, 3.63) is 65.2 Å². The van der Waals surface area contributed by atoms with Crippen LogP contribution in [-0.4, -0.2) is 50.0 Å². The van der Waals surface area contributed by atoms with E-state index in [1.807, 2.05) is 63.2 Å². The van der Waals surface area contributed by atoms with Crippen molar-refractivity contribution in [2.45, 2.75) is 90.8 Å². The van der Waals surface area contributed by atoms with E-state index in [1.165, 1.54) is 17.0 Å². The van der Waals surface area contributed by atoms with Crippen molar-refractivity contribution in [1.29, 1.82) is 0 Å². The van der Waals surface area contributed by atoms with E-state index < -0.39 is 16.1 Å². The highest BCUT2D eigenvalue weighted by atomic mass is 32.2. The third-order valence-electron chi connectivity index (χ3n) is 7.35. The molecule has 0 radical (unpaired) electrons. The summed E-state index contributed by atoms with van der Waals surface area (Å²) in [4.78, 5) is 28.7. The molecule has 7 nitrogen and oxygen atoms in total. The maximum absolute atomic E-state index is 13.6. The van der Waals surface area contributed by atoms with Gasteiger partial charge in [-0.1, -0.05) is 74.2 Å². The fraction of sp³-hybridized carbons (Fsp3) is 0.533. The average molecular weight is 542 g/mol. The number of nitrogens with one attached hydrogen (secondary N) is 1. The van der Waals surface area contributed by atoms with Crippen molar-refractivity contribution in [2.75, 3.05) is 17.1 Å². The van der Waals surface area contributed by atoms with E-state index in [2.05, 4.69) is 5.32 Å². The quantitative estimate of drug-likeness (QED) is 0.405. The first kappa shape index (κ1) is 29.7. The van der Waals surface area contributed by atoms with Crippen LogP contribution in [0.2, 0.25) is 0 Å². The largest absolute Gasteiger partial charge is 0.352 e. The Kier molecular flexibility index (Phi) is 10.8. The van der Waals surface area contributed by atoms with Gasteiger partial charge in [0.15, 0.2) is 0 Å². The lowest BCUT2D eigenvalue weighted by molar-refractivity contribution is -0.141. The molecule has 3 rings (SSSR count). The summed E-state index contributed by atoms with van der Waals surface area (Å²) < 4.78 is 26.5. The molecule has 1 aliphatic carbocycles. The van der Waals surface area contributed by atoms with Crippen LogP contribution in [0.1, 0.15) is 75.0 Å². The Morgan fingerprint density at radius 2 is 1.66 bits per heavy atom. The predicted molar refractivity (Wildman–Crippen MR) is 153 cm³/mol. The zero-order valence-corrected chi connectivity index (χ0v) is 24.1. The number of anilines is 1. The van der Waals surface area contributed by atoms with Crippen LogP contribution in [0.15, 0.2) is 48.5 Å². The number of amides is 2. The van der Waals surface area contributed by atoms with Gasteiger partial charge in [-0.15, -0.1) is 0 Å². The summed E-state index contributed by atoms with van der Waals surface area (Å²) in [5, 5.41) is 3.20. The van der Waals surface area contributed by atoms with Crippen LogP contribution in [0.4, 0.5) is 5.69 Å². The second-order valence-corrected chi connectivity index (χ2v) is 12.4. The molecule has 2 aromatic carbocycles. The normalized spacial score (nSPS) is 15.1. The summed E-state index contributed by atoms with van der Waals surface area (Å²) in [7, 11) is -3.52. The van der Waals surface area contributed by atoms with Gasteiger partial charge in [0.2, 0.25) is 21.8 Å². The number of hydrogen-bond acceptors (Lipinski definition) is 4. The first-order valence-corrected chi connectivity index (χ1v) is 15.6. The average Bonchev–Trinajstić information content (AvgIpc) is 2.88. The number of rotatable bonds is 12. The monoisotopic (exact) mass is 541 g/mol. The number of para-hydroxylation sites is 1. The molecule has 0 spiro atoms. The van der Waals surface area contributed by atoms with Crippen molar-refractivity contribution >= 4 is 27.5 Å². The van der Waals surface area contributed by atoms with Crippen molar-refractivity contribution in [2.24, 2.45) is 0 Å². The van der Waals surface area contributed by atoms with Crippen LogP contribution in [0.5, 0.6) is 0 Å². The molecule has 0 saturated heterocycles. The molecule has 208 valence electrons. The van der Waals surface area contributed by atoms with E-state index >= 15 is 0 Å². The van der Waals surface area contributed by atoms with Gasteiger partial charge >= 0.3 is 0 Å². The first-order valence-electron chi connectivity index (χ1n) is 13.8. The van der Waals surface area contributed by atoms with Crippen molar-refractivity contribution in [3.8, 4) is 0 Å². The molecule has 0 heterocycles. The summed E-state index contributed by atoms with van der Waals surface area (Å²) in [5.41, 5.74) is 3.57. The molecule has 2 aromatic rings. The van der Waals surface area contributed by atoms with Gasteiger partial charge in [-0.2, -0.15) is 0 Å². The Balaban J connectivity index is 1.76. The van der Waals surface area contributed by atoms with E-state index in [0.29, 0.717) is 25.1 Å². The Morgan fingerprint density at radius 1 is 1.00 bits per heavy atom.